The molecule has 4 heteroatoms. The monoisotopic (exact) mass is 170 g/mol. The van der Waals surface area contributed by atoms with Gasteiger partial charge in [-0.25, -0.2) is 0 Å². The Kier molecular flexibility index (Phi) is 1.81. The smallest absolute Gasteiger partial charge is 0.222 e. The largest absolute Gasteiger partial charge is 0.381 e. The Morgan fingerprint density at radius 2 is 2.50 bits per heavy atom. The molecule has 0 saturated carbocycles. The minimum absolute atomic E-state index is 0.0197. The maximum Gasteiger partial charge on any atom is 0.222 e. The minimum atomic E-state index is -0.189. The van der Waals surface area contributed by atoms with Crippen LogP contribution in [0.3, 0.4) is 0 Å². The molecular formula is C8H14N2O2. The molecule has 3 N–H and O–H groups in total. The summed E-state index contributed by atoms with van der Waals surface area (Å²) in [4.78, 5) is 11.1. The summed E-state index contributed by atoms with van der Waals surface area (Å²) >= 11 is 0. The van der Waals surface area contributed by atoms with E-state index in [-0.39, 0.29) is 17.2 Å². The lowest BCUT2D eigenvalue weighted by atomic mass is 9.77. The quantitative estimate of drug-likeness (QED) is 0.536. The lowest BCUT2D eigenvalue weighted by Crippen LogP contribution is -2.38. The Bertz CT molecular complexity index is 194. The summed E-state index contributed by atoms with van der Waals surface area (Å²) in [5, 5.41) is 3.21. The van der Waals surface area contributed by atoms with Gasteiger partial charge in [-0.05, 0) is 6.42 Å². The average molecular weight is 170 g/mol. The molecule has 2 atom stereocenters. The summed E-state index contributed by atoms with van der Waals surface area (Å²) in [6.07, 6.45) is 0.966. The van der Waals surface area contributed by atoms with E-state index >= 15 is 0 Å². The van der Waals surface area contributed by atoms with E-state index in [0.717, 1.165) is 26.1 Å². The number of amides is 1. The van der Waals surface area contributed by atoms with Crippen molar-refractivity contribution in [1.82, 2.24) is 5.32 Å². The second-order valence-electron chi connectivity index (χ2n) is 3.75. The first kappa shape index (κ1) is 8.01. The van der Waals surface area contributed by atoms with E-state index in [9.17, 15) is 4.79 Å². The van der Waals surface area contributed by atoms with E-state index in [1.54, 1.807) is 0 Å². The highest BCUT2D eigenvalue weighted by atomic mass is 16.5. The van der Waals surface area contributed by atoms with E-state index in [0.29, 0.717) is 6.61 Å². The summed E-state index contributed by atoms with van der Waals surface area (Å²) in [5.74, 6) is -0.217. The van der Waals surface area contributed by atoms with E-state index in [1.807, 2.05) is 0 Å². The van der Waals surface area contributed by atoms with Crippen LogP contribution in [0.25, 0.3) is 0 Å². The number of nitrogens with two attached hydrogens (primary N) is 1. The van der Waals surface area contributed by atoms with E-state index in [1.165, 1.54) is 0 Å². The predicted molar refractivity (Wildman–Crippen MR) is 43.4 cm³/mol. The van der Waals surface area contributed by atoms with Crippen LogP contribution in [0.15, 0.2) is 0 Å². The van der Waals surface area contributed by atoms with Gasteiger partial charge in [0.15, 0.2) is 0 Å². The maximum absolute atomic E-state index is 11.1. The minimum Gasteiger partial charge on any atom is -0.381 e. The molecule has 68 valence electrons. The average Bonchev–Trinajstić information content (AvgIpc) is 2.61. The Labute approximate surface area is 71.4 Å². The topological polar surface area (TPSA) is 64.4 Å². The fraction of sp³-hybridized carbons (Fsp3) is 0.875. The maximum atomic E-state index is 11.1. The molecule has 0 bridgehead atoms. The highest BCUT2D eigenvalue weighted by molar-refractivity contribution is 5.78. The second-order valence-corrected chi connectivity index (χ2v) is 3.75. The molecule has 0 radical (unpaired) electrons. The van der Waals surface area contributed by atoms with Gasteiger partial charge in [-0.3, -0.25) is 4.79 Å². The SMILES string of the molecule is NC(=O)C1CNCC12CCOC2. The summed E-state index contributed by atoms with van der Waals surface area (Å²) in [7, 11) is 0. The van der Waals surface area contributed by atoms with Gasteiger partial charge >= 0.3 is 0 Å². The number of nitrogens with one attached hydrogen (secondary N) is 1. The van der Waals surface area contributed by atoms with Gasteiger partial charge in [0.25, 0.3) is 0 Å². The third-order valence-corrected chi connectivity index (χ3v) is 3.04. The van der Waals surface area contributed by atoms with Gasteiger partial charge in [-0.2, -0.15) is 0 Å². The van der Waals surface area contributed by atoms with Crippen molar-refractivity contribution in [2.75, 3.05) is 26.3 Å². The predicted octanol–water partition coefficient (Wildman–Crippen LogP) is -0.902. The van der Waals surface area contributed by atoms with Crippen molar-refractivity contribution < 1.29 is 9.53 Å². The fourth-order valence-electron chi connectivity index (χ4n) is 2.24. The highest BCUT2D eigenvalue weighted by Crippen LogP contribution is 2.38. The zero-order chi connectivity index (χ0) is 8.60. The first-order chi connectivity index (χ1) is 5.75. The molecule has 0 aliphatic carbocycles. The molecule has 2 unspecified atom stereocenters. The zero-order valence-corrected chi connectivity index (χ0v) is 7.01. The molecule has 1 amide bonds. The van der Waals surface area contributed by atoms with E-state index < -0.39 is 0 Å². The number of rotatable bonds is 1. The summed E-state index contributed by atoms with van der Waals surface area (Å²) < 4.78 is 5.31. The Hall–Kier alpha value is -0.610. The number of hydrogen-bond acceptors (Lipinski definition) is 3. The van der Waals surface area contributed by atoms with Gasteiger partial charge in [0.1, 0.15) is 0 Å². The normalized spacial score (nSPS) is 40.8. The Morgan fingerprint density at radius 1 is 1.67 bits per heavy atom. The number of hydrogen-bond donors (Lipinski definition) is 2. The second kappa shape index (κ2) is 2.71. The van der Waals surface area contributed by atoms with Gasteiger partial charge in [0.05, 0.1) is 12.5 Å². The first-order valence-electron chi connectivity index (χ1n) is 4.32. The van der Waals surface area contributed by atoms with Crippen LogP contribution in [0.5, 0.6) is 0 Å². The van der Waals surface area contributed by atoms with Crippen LogP contribution >= 0.6 is 0 Å². The molecule has 2 aliphatic heterocycles. The van der Waals surface area contributed by atoms with Crippen LogP contribution in [0.4, 0.5) is 0 Å². The number of carbonyl (C=O) groups is 1. The van der Waals surface area contributed by atoms with Gasteiger partial charge in [0.2, 0.25) is 5.91 Å². The first-order valence-corrected chi connectivity index (χ1v) is 4.32. The number of ether oxygens (including phenoxy) is 1. The molecule has 2 rings (SSSR count). The van der Waals surface area contributed by atoms with Gasteiger partial charge < -0.3 is 15.8 Å². The van der Waals surface area contributed by atoms with Crippen LogP contribution in [0, 0.1) is 11.3 Å². The molecule has 2 heterocycles. The van der Waals surface area contributed by atoms with Crippen molar-refractivity contribution in [2.45, 2.75) is 6.42 Å². The molecule has 4 nitrogen and oxygen atoms in total. The molecule has 2 aliphatic rings. The number of primary amides is 1. The molecule has 0 aromatic heterocycles. The summed E-state index contributed by atoms with van der Waals surface area (Å²) in [6.45, 7) is 3.05. The molecule has 2 saturated heterocycles. The van der Waals surface area contributed by atoms with E-state index in [2.05, 4.69) is 5.32 Å². The van der Waals surface area contributed by atoms with Crippen LogP contribution in [0.1, 0.15) is 6.42 Å². The summed E-state index contributed by atoms with van der Waals surface area (Å²) in [5.41, 5.74) is 5.34. The van der Waals surface area contributed by atoms with Crippen LogP contribution in [-0.4, -0.2) is 32.2 Å². The standard InChI is InChI=1S/C8H14N2O2/c9-7(11)6-3-10-4-8(6)1-2-12-5-8/h6,10H,1-5H2,(H2,9,11). The van der Waals surface area contributed by atoms with Crippen molar-refractivity contribution in [3.63, 3.8) is 0 Å². The van der Waals surface area contributed by atoms with Crippen molar-refractivity contribution in [1.29, 1.82) is 0 Å². The van der Waals surface area contributed by atoms with Gasteiger partial charge in [-0.15, -0.1) is 0 Å². The molecule has 12 heavy (non-hydrogen) atoms. The zero-order valence-electron chi connectivity index (χ0n) is 7.01. The lowest BCUT2D eigenvalue weighted by Gasteiger charge is -2.25. The third kappa shape index (κ3) is 1.03. The highest BCUT2D eigenvalue weighted by Gasteiger charge is 2.48. The van der Waals surface area contributed by atoms with Crippen LogP contribution in [0.2, 0.25) is 0 Å². The van der Waals surface area contributed by atoms with Crippen molar-refractivity contribution >= 4 is 5.91 Å². The lowest BCUT2D eigenvalue weighted by molar-refractivity contribution is -0.124. The Balaban J connectivity index is 2.17. The molecule has 0 aromatic carbocycles. The number of carbonyl (C=O) groups excluding carboxylic acids is 1. The van der Waals surface area contributed by atoms with Crippen molar-refractivity contribution in [3.8, 4) is 0 Å². The summed E-state index contributed by atoms with van der Waals surface area (Å²) in [6, 6.07) is 0. The third-order valence-electron chi connectivity index (χ3n) is 3.04. The van der Waals surface area contributed by atoms with E-state index in [4.69, 9.17) is 10.5 Å². The van der Waals surface area contributed by atoms with Crippen LogP contribution < -0.4 is 11.1 Å². The van der Waals surface area contributed by atoms with Gasteiger partial charge in [-0.1, -0.05) is 0 Å². The molecule has 1 spiro atoms. The van der Waals surface area contributed by atoms with Crippen molar-refractivity contribution in [2.24, 2.45) is 17.1 Å². The van der Waals surface area contributed by atoms with Gasteiger partial charge in [0, 0.05) is 25.1 Å². The fourth-order valence-corrected chi connectivity index (χ4v) is 2.24. The molecule has 0 aromatic rings. The Morgan fingerprint density at radius 3 is 3.08 bits per heavy atom. The van der Waals surface area contributed by atoms with Crippen LogP contribution in [-0.2, 0) is 9.53 Å². The molecular weight excluding hydrogens is 156 g/mol. The van der Waals surface area contributed by atoms with Crippen molar-refractivity contribution in [3.05, 3.63) is 0 Å². The molecule has 2 fully saturated rings.